The fourth-order valence-electron chi connectivity index (χ4n) is 3.26. The molecule has 1 aliphatic rings. The molecule has 1 saturated heterocycles. The highest BCUT2D eigenvalue weighted by Crippen LogP contribution is 2.31. The molecule has 4 rings (SSSR count). The largest absolute Gasteiger partial charge is 0.345 e. The third kappa shape index (κ3) is 4.48. The van der Waals surface area contributed by atoms with E-state index in [1.807, 2.05) is 36.6 Å². The molecule has 0 saturated carbocycles. The number of anilines is 2. The predicted octanol–water partition coefficient (Wildman–Crippen LogP) is 3.95. The van der Waals surface area contributed by atoms with Gasteiger partial charge < -0.3 is 15.1 Å². The Balaban J connectivity index is 1.43. The lowest BCUT2D eigenvalue weighted by molar-refractivity contribution is -0.115. The minimum atomic E-state index is 0.0000537. The molecule has 28 heavy (non-hydrogen) atoms. The predicted molar refractivity (Wildman–Crippen MR) is 120 cm³/mol. The molecule has 0 unspecified atom stereocenters. The summed E-state index contributed by atoms with van der Waals surface area (Å²) in [6.45, 7) is 4.15. The van der Waals surface area contributed by atoms with E-state index in [9.17, 15) is 4.79 Å². The van der Waals surface area contributed by atoms with Crippen LogP contribution in [0.5, 0.6) is 0 Å². The fourth-order valence-corrected chi connectivity index (χ4v) is 4.72. The molecular formula is C21H24N4OS2. The van der Waals surface area contributed by atoms with E-state index < -0.39 is 0 Å². The van der Waals surface area contributed by atoms with Gasteiger partial charge in [0.05, 0.1) is 16.6 Å². The normalized spacial score (nSPS) is 15.1. The van der Waals surface area contributed by atoms with Gasteiger partial charge in [-0.05, 0) is 49.2 Å². The third-order valence-corrected chi connectivity index (χ3v) is 6.78. The number of thiazole rings is 1. The highest BCUT2D eigenvalue weighted by molar-refractivity contribution is 7.98. The van der Waals surface area contributed by atoms with E-state index in [1.165, 1.54) is 4.90 Å². The van der Waals surface area contributed by atoms with Crippen LogP contribution in [0.3, 0.4) is 0 Å². The molecule has 1 aliphatic heterocycles. The minimum absolute atomic E-state index is 0.0000537. The second-order valence-corrected chi connectivity index (χ2v) is 8.93. The molecule has 0 atom stereocenters. The monoisotopic (exact) mass is 412 g/mol. The first-order valence-corrected chi connectivity index (χ1v) is 11.4. The maximum absolute atomic E-state index is 12.4. The van der Waals surface area contributed by atoms with Crippen molar-refractivity contribution in [3.05, 3.63) is 48.0 Å². The molecule has 2 heterocycles. The van der Waals surface area contributed by atoms with Gasteiger partial charge in [-0.2, -0.15) is 0 Å². The summed E-state index contributed by atoms with van der Waals surface area (Å²) in [5, 5.41) is 4.09. The number of amides is 1. The van der Waals surface area contributed by atoms with Crippen LogP contribution in [0.4, 0.5) is 10.8 Å². The Bertz CT molecular complexity index is 962. The zero-order valence-corrected chi connectivity index (χ0v) is 17.8. The van der Waals surface area contributed by atoms with Crippen LogP contribution in [-0.2, 0) is 11.2 Å². The molecule has 0 radical (unpaired) electrons. The number of carbonyl (C=O) groups excluding carboxylic acids is 1. The molecule has 1 aromatic heterocycles. The average molecular weight is 413 g/mol. The molecule has 0 aliphatic carbocycles. The van der Waals surface area contributed by atoms with Gasteiger partial charge in [-0.15, -0.1) is 11.8 Å². The summed E-state index contributed by atoms with van der Waals surface area (Å²) in [5.74, 6) is 0.0000537. The van der Waals surface area contributed by atoms with Crippen LogP contribution in [0.25, 0.3) is 10.2 Å². The van der Waals surface area contributed by atoms with E-state index in [0.717, 1.165) is 52.8 Å². The molecule has 2 aromatic carbocycles. The van der Waals surface area contributed by atoms with Crippen molar-refractivity contribution in [3.8, 4) is 0 Å². The van der Waals surface area contributed by atoms with Gasteiger partial charge in [0.15, 0.2) is 5.13 Å². The van der Waals surface area contributed by atoms with Crippen molar-refractivity contribution < 1.29 is 4.79 Å². The molecule has 1 fully saturated rings. The Hall–Kier alpha value is -2.09. The summed E-state index contributed by atoms with van der Waals surface area (Å²) in [5.41, 5.74) is 2.84. The summed E-state index contributed by atoms with van der Waals surface area (Å²) in [7, 11) is 2.15. The second-order valence-electron chi connectivity index (χ2n) is 7.04. The van der Waals surface area contributed by atoms with Crippen molar-refractivity contribution in [1.29, 1.82) is 0 Å². The van der Waals surface area contributed by atoms with Crippen LogP contribution in [-0.4, -0.2) is 55.3 Å². The topological polar surface area (TPSA) is 48.5 Å². The number of carbonyl (C=O) groups is 1. The van der Waals surface area contributed by atoms with E-state index in [-0.39, 0.29) is 5.91 Å². The van der Waals surface area contributed by atoms with Crippen LogP contribution in [0, 0.1) is 0 Å². The number of thioether (sulfide) groups is 1. The first-order valence-electron chi connectivity index (χ1n) is 9.37. The number of likely N-dealkylation sites (N-methyl/N-ethyl adjacent to an activating group) is 1. The van der Waals surface area contributed by atoms with Gasteiger partial charge in [0.2, 0.25) is 5.91 Å². The lowest BCUT2D eigenvalue weighted by Gasteiger charge is -2.31. The van der Waals surface area contributed by atoms with Crippen molar-refractivity contribution in [3.63, 3.8) is 0 Å². The van der Waals surface area contributed by atoms with Gasteiger partial charge >= 0.3 is 0 Å². The number of fused-ring (bicyclic) bond motifs is 1. The van der Waals surface area contributed by atoms with Crippen LogP contribution in [0.2, 0.25) is 0 Å². The zero-order chi connectivity index (χ0) is 19.5. The van der Waals surface area contributed by atoms with Gasteiger partial charge in [-0.1, -0.05) is 23.5 Å². The first-order chi connectivity index (χ1) is 13.6. The Kier molecular flexibility index (Phi) is 5.85. The number of rotatable bonds is 5. The van der Waals surface area contributed by atoms with Crippen molar-refractivity contribution in [1.82, 2.24) is 9.88 Å². The van der Waals surface area contributed by atoms with E-state index >= 15 is 0 Å². The van der Waals surface area contributed by atoms with Crippen LogP contribution in [0.1, 0.15) is 5.56 Å². The smallest absolute Gasteiger partial charge is 0.228 e. The third-order valence-electron chi connectivity index (χ3n) is 4.96. The Labute approximate surface area is 173 Å². The van der Waals surface area contributed by atoms with Gasteiger partial charge in [-0.3, -0.25) is 4.79 Å². The van der Waals surface area contributed by atoms with Crippen molar-refractivity contribution in [2.24, 2.45) is 0 Å². The van der Waals surface area contributed by atoms with Gasteiger partial charge in [-0.25, -0.2) is 4.98 Å². The van der Waals surface area contributed by atoms with Crippen LogP contribution < -0.4 is 10.2 Å². The van der Waals surface area contributed by atoms with Crippen molar-refractivity contribution in [2.45, 2.75) is 11.3 Å². The first kappa shape index (κ1) is 19.2. The molecule has 146 valence electrons. The Morgan fingerprint density at radius 2 is 1.89 bits per heavy atom. The number of aromatic nitrogens is 1. The van der Waals surface area contributed by atoms with Gasteiger partial charge in [0, 0.05) is 36.8 Å². The molecular weight excluding hydrogens is 388 g/mol. The highest BCUT2D eigenvalue weighted by atomic mass is 32.2. The molecule has 1 amide bonds. The summed E-state index contributed by atoms with van der Waals surface area (Å²) in [6.07, 6.45) is 2.42. The Morgan fingerprint density at radius 1 is 1.14 bits per heavy atom. The molecule has 3 aromatic rings. The number of benzene rings is 2. The highest BCUT2D eigenvalue weighted by Gasteiger charge is 2.17. The summed E-state index contributed by atoms with van der Waals surface area (Å²) >= 11 is 3.40. The standard InChI is InChI=1S/C21H24N4OS2/c1-24-9-11-25(12-10-24)21-23-18-8-5-16(14-19(18)28-21)22-20(26)13-15-3-6-17(27-2)7-4-15/h3-8,14H,9-13H2,1-2H3,(H,22,26). The van der Waals surface area contributed by atoms with Gasteiger partial charge in [0.1, 0.15) is 0 Å². The summed E-state index contributed by atoms with van der Waals surface area (Å²) in [6, 6.07) is 14.1. The number of hydrogen-bond donors (Lipinski definition) is 1. The quantitative estimate of drug-likeness (QED) is 0.643. The van der Waals surface area contributed by atoms with Gasteiger partial charge in [0.25, 0.3) is 0 Å². The van der Waals surface area contributed by atoms with E-state index in [0.29, 0.717) is 6.42 Å². The SMILES string of the molecule is CSc1ccc(CC(=O)Nc2ccc3nc(N4CCN(C)CC4)sc3c2)cc1. The molecule has 7 heteroatoms. The maximum atomic E-state index is 12.4. The van der Waals surface area contributed by atoms with E-state index in [4.69, 9.17) is 4.98 Å². The zero-order valence-electron chi connectivity index (χ0n) is 16.1. The summed E-state index contributed by atoms with van der Waals surface area (Å²) < 4.78 is 1.11. The number of piperazine rings is 1. The van der Waals surface area contributed by atoms with E-state index in [2.05, 4.69) is 34.3 Å². The Morgan fingerprint density at radius 3 is 2.61 bits per heavy atom. The number of nitrogens with one attached hydrogen (secondary N) is 1. The van der Waals surface area contributed by atoms with Crippen molar-refractivity contribution in [2.75, 3.05) is 49.7 Å². The molecule has 5 nitrogen and oxygen atoms in total. The van der Waals surface area contributed by atoms with Crippen LogP contribution in [0.15, 0.2) is 47.4 Å². The molecule has 1 N–H and O–H groups in total. The van der Waals surface area contributed by atoms with E-state index in [1.54, 1.807) is 23.1 Å². The lowest BCUT2D eigenvalue weighted by atomic mass is 10.1. The van der Waals surface area contributed by atoms with Crippen LogP contribution >= 0.6 is 23.1 Å². The summed E-state index contributed by atoms with van der Waals surface area (Å²) in [4.78, 5) is 23.1. The number of hydrogen-bond acceptors (Lipinski definition) is 6. The maximum Gasteiger partial charge on any atom is 0.228 e. The second kappa shape index (κ2) is 8.51. The number of nitrogens with zero attached hydrogens (tertiary/aromatic N) is 3. The molecule has 0 bridgehead atoms. The van der Waals surface area contributed by atoms with Crippen molar-refractivity contribution >= 4 is 50.0 Å². The minimum Gasteiger partial charge on any atom is -0.345 e. The fraction of sp³-hybridized carbons (Fsp3) is 0.333. The molecule has 0 spiro atoms. The lowest BCUT2D eigenvalue weighted by Crippen LogP contribution is -2.44. The average Bonchev–Trinajstić information content (AvgIpc) is 3.12.